The molecule has 0 bridgehead atoms. The van der Waals surface area contributed by atoms with Gasteiger partial charge in [0, 0.05) is 36.4 Å². The van der Waals surface area contributed by atoms with Crippen LogP contribution in [0.1, 0.15) is 17.0 Å². The third kappa shape index (κ3) is 3.54. The number of hydrogen-bond acceptors (Lipinski definition) is 8. The van der Waals surface area contributed by atoms with Crippen LogP contribution in [0.5, 0.6) is 0 Å². The molecule has 172 valence electrons. The van der Waals surface area contributed by atoms with E-state index < -0.39 is 5.82 Å². The molecule has 1 atom stereocenters. The average molecular weight is 459 g/mol. The SMILES string of the molecule is Cc1nnc2nc(N3CCOCc4c(C#CC5CNCCO5)cccc43)c3c(F)cncc3n12. The van der Waals surface area contributed by atoms with E-state index in [-0.39, 0.29) is 6.10 Å². The summed E-state index contributed by atoms with van der Waals surface area (Å²) in [6.07, 6.45) is 2.66. The zero-order valence-corrected chi connectivity index (χ0v) is 18.6. The lowest BCUT2D eigenvalue weighted by Gasteiger charge is -2.25. The van der Waals surface area contributed by atoms with Gasteiger partial charge in [0.25, 0.3) is 5.78 Å². The number of nitrogens with zero attached hydrogens (tertiary/aromatic N) is 6. The maximum Gasteiger partial charge on any atom is 0.257 e. The normalized spacial score (nSPS) is 18.4. The lowest BCUT2D eigenvalue weighted by atomic mass is 10.0. The molecule has 1 unspecified atom stereocenters. The van der Waals surface area contributed by atoms with E-state index in [0.717, 1.165) is 23.4 Å². The number of rotatable bonds is 1. The molecule has 4 aromatic rings. The Hall–Kier alpha value is -3.65. The summed E-state index contributed by atoms with van der Waals surface area (Å²) in [5.41, 5.74) is 3.22. The largest absolute Gasteiger partial charge is 0.375 e. The molecule has 1 fully saturated rings. The van der Waals surface area contributed by atoms with Crippen LogP contribution in [0.4, 0.5) is 15.9 Å². The number of anilines is 2. The lowest BCUT2D eigenvalue weighted by molar-refractivity contribution is 0.0651. The first-order valence-electron chi connectivity index (χ1n) is 11.2. The topological polar surface area (TPSA) is 89.7 Å². The van der Waals surface area contributed by atoms with Crippen molar-refractivity contribution in [1.82, 2.24) is 29.9 Å². The highest BCUT2D eigenvalue weighted by molar-refractivity contribution is 5.94. The monoisotopic (exact) mass is 459 g/mol. The molecule has 10 heteroatoms. The van der Waals surface area contributed by atoms with E-state index in [0.29, 0.717) is 61.2 Å². The molecule has 5 heterocycles. The summed E-state index contributed by atoms with van der Waals surface area (Å²) in [4.78, 5) is 10.8. The molecule has 0 saturated carbocycles. The Labute approximate surface area is 194 Å². The Kier molecular flexibility index (Phi) is 5.30. The maximum absolute atomic E-state index is 15.2. The molecule has 2 aliphatic rings. The van der Waals surface area contributed by atoms with Crippen molar-refractivity contribution in [1.29, 1.82) is 0 Å². The van der Waals surface area contributed by atoms with E-state index in [4.69, 9.17) is 14.5 Å². The second-order valence-corrected chi connectivity index (χ2v) is 8.17. The number of morpholine rings is 1. The van der Waals surface area contributed by atoms with E-state index in [9.17, 15) is 0 Å². The van der Waals surface area contributed by atoms with Crippen molar-refractivity contribution in [3.05, 3.63) is 53.4 Å². The van der Waals surface area contributed by atoms with Crippen molar-refractivity contribution < 1.29 is 13.9 Å². The first-order valence-corrected chi connectivity index (χ1v) is 11.2. The molecule has 0 radical (unpaired) electrons. The molecule has 0 aliphatic carbocycles. The minimum Gasteiger partial charge on any atom is -0.375 e. The average Bonchev–Trinajstić information content (AvgIpc) is 3.10. The Morgan fingerprint density at radius 3 is 3.03 bits per heavy atom. The van der Waals surface area contributed by atoms with Crippen LogP contribution in [0.15, 0.2) is 30.6 Å². The molecular formula is C24H22FN7O2. The van der Waals surface area contributed by atoms with Gasteiger partial charge in [-0.25, -0.2) is 4.39 Å². The van der Waals surface area contributed by atoms with Crippen LogP contribution in [0.3, 0.4) is 0 Å². The number of fused-ring (bicyclic) bond motifs is 4. The number of aryl methyl sites for hydroxylation is 1. The molecule has 1 aromatic carbocycles. The van der Waals surface area contributed by atoms with Gasteiger partial charge < -0.3 is 19.7 Å². The van der Waals surface area contributed by atoms with Crippen LogP contribution in [0, 0.1) is 24.6 Å². The molecular weight excluding hydrogens is 437 g/mol. The fraction of sp³-hybridized carbons (Fsp3) is 0.333. The number of hydrogen-bond donors (Lipinski definition) is 1. The smallest absolute Gasteiger partial charge is 0.257 e. The summed E-state index contributed by atoms with van der Waals surface area (Å²) >= 11 is 0. The van der Waals surface area contributed by atoms with Gasteiger partial charge in [-0.2, -0.15) is 4.98 Å². The van der Waals surface area contributed by atoms with Gasteiger partial charge in [0.15, 0.2) is 5.82 Å². The first-order chi connectivity index (χ1) is 16.7. The lowest BCUT2D eigenvalue weighted by Crippen LogP contribution is -2.37. The molecule has 6 rings (SSSR count). The number of pyridine rings is 1. The third-order valence-electron chi connectivity index (χ3n) is 6.06. The van der Waals surface area contributed by atoms with Crippen LogP contribution < -0.4 is 10.2 Å². The maximum atomic E-state index is 15.2. The van der Waals surface area contributed by atoms with Gasteiger partial charge in [0.05, 0.1) is 43.1 Å². The van der Waals surface area contributed by atoms with Crippen LogP contribution in [-0.4, -0.2) is 63.5 Å². The summed E-state index contributed by atoms with van der Waals surface area (Å²) < 4.78 is 28.5. The summed E-state index contributed by atoms with van der Waals surface area (Å²) in [6, 6.07) is 5.90. The van der Waals surface area contributed by atoms with Crippen molar-refractivity contribution in [2.45, 2.75) is 19.6 Å². The molecule has 0 spiro atoms. The number of nitrogens with one attached hydrogen (secondary N) is 1. The van der Waals surface area contributed by atoms with Gasteiger partial charge in [-0.15, -0.1) is 10.2 Å². The van der Waals surface area contributed by atoms with Crippen molar-refractivity contribution >= 4 is 28.2 Å². The predicted octanol–water partition coefficient (Wildman–Crippen LogP) is 2.13. The summed E-state index contributed by atoms with van der Waals surface area (Å²) in [5.74, 6) is 7.48. The summed E-state index contributed by atoms with van der Waals surface area (Å²) in [7, 11) is 0. The van der Waals surface area contributed by atoms with E-state index in [2.05, 4.69) is 32.3 Å². The molecule has 34 heavy (non-hydrogen) atoms. The van der Waals surface area contributed by atoms with Gasteiger partial charge >= 0.3 is 0 Å². The third-order valence-corrected chi connectivity index (χ3v) is 6.06. The fourth-order valence-electron chi connectivity index (χ4n) is 4.45. The highest BCUT2D eigenvalue weighted by atomic mass is 19.1. The van der Waals surface area contributed by atoms with Crippen LogP contribution in [0.25, 0.3) is 16.7 Å². The Morgan fingerprint density at radius 2 is 2.15 bits per heavy atom. The molecule has 9 nitrogen and oxygen atoms in total. The van der Waals surface area contributed by atoms with Crippen LogP contribution >= 0.6 is 0 Å². The van der Waals surface area contributed by atoms with E-state index in [1.165, 1.54) is 6.20 Å². The molecule has 2 aliphatic heterocycles. The fourth-order valence-corrected chi connectivity index (χ4v) is 4.45. The van der Waals surface area contributed by atoms with Crippen LogP contribution in [-0.2, 0) is 16.1 Å². The standard InChI is InChI=1S/C24H22FN7O2/c1-15-29-30-24-28-23(22-19(25)12-27-13-21(22)32(15)24)31-8-10-33-14-18-16(3-2-4-20(18)31)5-6-17-11-26-7-9-34-17/h2-4,12-13,17,26H,7-11,14H2,1H3. The van der Waals surface area contributed by atoms with Gasteiger partial charge in [0.1, 0.15) is 17.7 Å². The van der Waals surface area contributed by atoms with E-state index in [1.54, 1.807) is 17.5 Å². The minimum atomic E-state index is -0.459. The zero-order chi connectivity index (χ0) is 23.1. The summed E-state index contributed by atoms with van der Waals surface area (Å²) in [5, 5.41) is 12.0. The second-order valence-electron chi connectivity index (χ2n) is 8.17. The van der Waals surface area contributed by atoms with Gasteiger partial charge in [-0.05, 0) is 19.1 Å². The zero-order valence-electron chi connectivity index (χ0n) is 18.6. The van der Waals surface area contributed by atoms with Crippen molar-refractivity contribution in [2.75, 3.05) is 37.7 Å². The predicted molar refractivity (Wildman–Crippen MR) is 123 cm³/mol. The Balaban J connectivity index is 1.52. The molecule has 3 aromatic heterocycles. The molecule has 0 amide bonds. The Bertz CT molecular complexity index is 1450. The van der Waals surface area contributed by atoms with Crippen LogP contribution in [0.2, 0.25) is 0 Å². The second kappa shape index (κ2) is 8.61. The minimum absolute atomic E-state index is 0.154. The number of aromatic nitrogens is 5. The van der Waals surface area contributed by atoms with E-state index >= 15 is 4.39 Å². The molecule has 1 N–H and O–H groups in total. The van der Waals surface area contributed by atoms with Gasteiger partial charge in [0.2, 0.25) is 0 Å². The highest BCUT2D eigenvalue weighted by Crippen LogP contribution is 2.36. The number of halogens is 1. The van der Waals surface area contributed by atoms with Gasteiger partial charge in [-0.3, -0.25) is 9.38 Å². The van der Waals surface area contributed by atoms with Gasteiger partial charge in [-0.1, -0.05) is 17.9 Å². The van der Waals surface area contributed by atoms with Crippen molar-refractivity contribution in [2.24, 2.45) is 0 Å². The quantitative estimate of drug-likeness (QED) is 0.433. The number of ether oxygens (including phenoxy) is 2. The highest BCUT2D eigenvalue weighted by Gasteiger charge is 2.25. The van der Waals surface area contributed by atoms with E-state index in [1.807, 2.05) is 23.1 Å². The molecule has 1 saturated heterocycles. The Morgan fingerprint density at radius 1 is 1.21 bits per heavy atom. The van der Waals surface area contributed by atoms with Crippen molar-refractivity contribution in [3.63, 3.8) is 0 Å². The first kappa shape index (κ1) is 20.9. The van der Waals surface area contributed by atoms with Crippen molar-refractivity contribution in [3.8, 4) is 11.8 Å². The summed E-state index contributed by atoms with van der Waals surface area (Å²) in [6.45, 7) is 5.33. The number of benzene rings is 1.